The first-order chi connectivity index (χ1) is 10.5. The van der Waals surface area contributed by atoms with Crippen molar-refractivity contribution < 1.29 is 14.7 Å². The van der Waals surface area contributed by atoms with Crippen LogP contribution in [0.2, 0.25) is 5.02 Å². The summed E-state index contributed by atoms with van der Waals surface area (Å²) in [6.07, 6.45) is 3.22. The lowest BCUT2D eigenvalue weighted by Crippen LogP contribution is -2.31. The Kier molecular flexibility index (Phi) is 4.06. The standard InChI is InChI=1S/C14H17ClN4O3/c15-8-5-11(13(20)18-9-1-2-9)12(16-6-8)17-10-3-4-19(7-10)14(21)22/h5-6,9-10H,1-4,7H2,(H,16,17)(H,18,20)(H,21,22). The van der Waals surface area contributed by atoms with Crippen LogP contribution in [-0.4, -0.2) is 52.2 Å². The number of carboxylic acid groups (broad SMARTS) is 1. The molecule has 1 saturated heterocycles. The molecule has 118 valence electrons. The first-order valence-electron chi connectivity index (χ1n) is 7.24. The normalized spacial score (nSPS) is 20.8. The Morgan fingerprint density at radius 2 is 2.09 bits per heavy atom. The smallest absolute Gasteiger partial charge is 0.407 e. The highest BCUT2D eigenvalue weighted by Gasteiger charge is 2.29. The molecule has 2 heterocycles. The minimum atomic E-state index is -0.930. The number of anilines is 1. The molecule has 3 rings (SSSR count). The van der Waals surface area contributed by atoms with Crippen molar-refractivity contribution in [2.75, 3.05) is 18.4 Å². The van der Waals surface area contributed by atoms with E-state index in [0.717, 1.165) is 12.8 Å². The molecule has 1 unspecified atom stereocenters. The highest BCUT2D eigenvalue weighted by molar-refractivity contribution is 6.31. The highest BCUT2D eigenvalue weighted by atomic mass is 35.5. The average Bonchev–Trinajstić information content (AvgIpc) is 3.15. The molecular formula is C14H17ClN4O3. The molecule has 1 aromatic heterocycles. The third-order valence-electron chi connectivity index (χ3n) is 3.81. The van der Waals surface area contributed by atoms with Crippen molar-refractivity contribution >= 4 is 29.4 Å². The SMILES string of the molecule is O=C(NC1CC1)c1cc(Cl)cnc1NC1CCN(C(=O)O)C1. The van der Waals surface area contributed by atoms with Crippen LogP contribution in [0, 0.1) is 0 Å². The van der Waals surface area contributed by atoms with Crippen LogP contribution in [0.3, 0.4) is 0 Å². The number of rotatable bonds is 4. The molecule has 8 heteroatoms. The third kappa shape index (κ3) is 3.41. The fourth-order valence-electron chi connectivity index (χ4n) is 2.46. The highest BCUT2D eigenvalue weighted by Crippen LogP contribution is 2.24. The van der Waals surface area contributed by atoms with E-state index in [9.17, 15) is 9.59 Å². The maximum Gasteiger partial charge on any atom is 0.407 e. The van der Waals surface area contributed by atoms with Gasteiger partial charge in [0.1, 0.15) is 5.82 Å². The summed E-state index contributed by atoms with van der Waals surface area (Å²) < 4.78 is 0. The lowest BCUT2D eigenvalue weighted by molar-refractivity contribution is 0.0951. The molecule has 1 saturated carbocycles. The number of likely N-dealkylation sites (tertiary alicyclic amines) is 1. The van der Waals surface area contributed by atoms with Gasteiger partial charge in [-0.3, -0.25) is 4.79 Å². The molecule has 22 heavy (non-hydrogen) atoms. The topological polar surface area (TPSA) is 94.6 Å². The molecular weight excluding hydrogens is 308 g/mol. The van der Waals surface area contributed by atoms with E-state index >= 15 is 0 Å². The van der Waals surface area contributed by atoms with Crippen molar-refractivity contribution in [3.63, 3.8) is 0 Å². The van der Waals surface area contributed by atoms with E-state index in [1.807, 2.05) is 0 Å². The molecule has 0 spiro atoms. The quantitative estimate of drug-likeness (QED) is 0.785. The summed E-state index contributed by atoms with van der Waals surface area (Å²) in [5.74, 6) is 0.243. The Bertz CT molecular complexity index is 606. The van der Waals surface area contributed by atoms with E-state index in [4.69, 9.17) is 16.7 Å². The minimum absolute atomic E-state index is 0.0581. The predicted octanol–water partition coefficient (Wildman–Crippen LogP) is 1.79. The maximum atomic E-state index is 12.3. The predicted molar refractivity (Wildman–Crippen MR) is 81.4 cm³/mol. The lowest BCUT2D eigenvalue weighted by atomic mass is 10.2. The molecule has 1 aromatic rings. The number of amides is 2. The molecule has 0 bridgehead atoms. The lowest BCUT2D eigenvalue weighted by Gasteiger charge is -2.17. The van der Waals surface area contributed by atoms with Crippen molar-refractivity contribution in [2.45, 2.75) is 31.3 Å². The molecule has 2 aliphatic rings. The summed E-state index contributed by atoms with van der Waals surface area (Å²) >= 11 is 5.94. The summed E-state index contributed by atoms with van der Waals surface area (Å²) in [5.41, 5.74) is 0.396. The number of hydrogen-bond acceptors (Lipinski definition) is 4. The van der Waals surface area contributed by atoms with Crippen molar-refractivity contribution in [3.05, 3.63) is 22.8 Å². The zero-order valence-electron chi connectivity index (χ0n) is 11.9. The Balaban J connectivity index is 1.72. The number of carbonyl (C=O) groups excluding carboxylic acids is 1. The third-order valence-corrected chi connectivity index (χ3v) is 4.02. The minimum Gasteiger partial charge on any atom is -0.465 e. The van der Waals surface area contributed by atoms with Gasteiger partial charge < -0.3 is 20.6 Å². The van der Waals surface area contributed by atoms with E-state index in [1.165, 1.54) is 11.1 Å². The van der Waals surface area contributed by atoms with Crippen molar-refractivity contribution in [2.24, 2.45) is 0 Å². The van der Waals surface area contributed by atoms with Gasteiger partial charge in [-0.05, 0) is 25.3 Å². The largest absolute Gasteiger partial charge is 0.465 e. The molecule has 0 radical (unpaired) electrons. The first kappa shape index (κ1) is 14.9. The summed E-state index contributed by atoms with van der Waals surface area (Å²) in [5, 5.41) is 15.4. The van der Waals surface area contributed by atoms with Gasteiger partial charge in [-0.25, -0.2) is 9.78 Å². The fourth-order valence-corrected chi connectivity index (χ4v) is 2.62. The number of nitrogens with zero attached hydrogens (tertiary/aromatic N) is 2. The van der Waals surface area contributed by atoms with Gasteiger partial charge in [-0.15, -0.1) is 0 Å². The Morgan fingerprint density at radius 1 is 1.32 bits per heavy atom. The molecule has 1 aliphatic heterocycles. The van der Waals surface area contributed by atoms with Crippen LogP contribution in [0.25, 0.3) is 0 Å². The van der Waals surface area contributed by atoms with Crippen molar-refractivity contribution in [3.8, 4) is 0 Å². The Labute approximate surface area is 132 Å². The van der Waals surface area contributed by atoms with E-state index < -0.39 is 6.09 Å². The van der Waals surface area contributed by atoms with Crippen LogP contribution < -0.4 is 10.6 Å². The number of nitrogens with one attached hydrogen (secondary N) is 2. The Hall–Kier alpha value is -2.02. The molecule has 2 amide bonds. The zero-order valence-corrected chi connectivity index (χ0v) is 12.6. The monoisotopic (exact) mass is 324 g/mol. The number of hydrogen-bond donors (Lipinski definition) is 3. The summed E-state index contributed by atoms with van der Waals surface area (Å²) in [6.45, 7) is 0.855. The van der Waals surface area contributed by atoms with E-state index in [1.54, 1.807) is 6.07 Å². The van der Waals surface area contributed by atoms with Gasteiger partial charge in [0.2, 0.25) is 0 Å². The number of carbonyl (C=O) groups is 2. The fraction of sp³-hybridized carbons (Fsp3) is 0.500. The van der Waals surface area contributed by atoms with Crippen LogP contribution >= 0.6 is 11.6 Å². The van der Waals surface area contributed by atoms with Gasteiger partial charge in [0, 0.05) is 31.4 Å². The van der Waals surface area contributed by atoms with Crippen LogP contribution in [0.15, 0.2) is 12.3 Å². The summed E-state index contributed by atoms with van der Waals surface area (Å²) in [4.78, 5) is 28.7. The van der Waals surface area contributed by atoms with E-state index in [-0.39, 0.29) is 18.0 Å². The molecule has 0 aromatic carbocycles. The first-order valence-corrected chi connectivity index (χ1v) is 7.61. The number of pyridine rings is 1. The van der Waals surface area contributed by atoms with E-state index in [0.29, 0.717) is 35.9 Å². The van der Waals surface area contributed by atoms with Gasteiger partial charge in [0.05, 0.1) is 10.6 Å². The van der Waals surface area contributed by atoms with Crippen molar-refractivity contribution in [1.82, 2.24) is 15.2 Å². The van der Waals surface area contributed by atoms with Gasteiger partial charge in [0.25, 0.3) is 5.91 Å². The van der Waals surface area contributed by atoms with Crippen molar-refractivity contribution in [1.29, 1.82) is 0 Å². The van der Waals surface area contributed by atoms with Crippen LogP contribution in [0.4, 0.5) is 10.6 Å². The summed E-state index contributed by atoms with van der Waals surface area (Å²) in [7, 11) is 0. The second-order valence-electron chi connectivity index (χ2n) is 5.66. The van der Waals surface area contributed by atoms with E-state index in [2.05, 4.69) is 15.6 Å². The molecule has 1 aliphatic carbocycles. The maximum absolute atomic E-state index is 12.3. The van der Waals surface area contributed by atoms with Crippen LogP contribution in [-0.2, 0) is 0 Å². The average molecular weight is 325 g/mol. The van der Waals surface area contributed by atoms with Gasteiger partial charge in [0.15, 0.2) is 0 Å². The molecule has 7 nitrogen and oxygen atoms in total. The zero-order chi connectivity index (χ0) is 15.7. The molecule has 3 N–H and O–H groups in total. The van der Waals surface area contributed by atoms with Crippen LogP contribution in [0.1, 0.15) is 29.6 Å². The van der Waals surface area contributed by atoms with Gasteiger partial charge >= 0.3 is 6.09 Å². The van der Waals surface area contributed by atoms with Gasteiger partial charge in [-0.2, -0.15) is 0 Å². The number of aromatic nitrogens is 1. The second kappa shape index (κ2) is 6.00. The molecule has 1 atom stereocenters. The van der Waals surface area contributed by atoms with Gasteiger partial charge in [-0.1, -0.05) is 11.6 Å². The van der Waals surface area contributed by atoms with Crippen LogP contribution in [0.5, 0.6) is 0 Å². The Morgan fingerprint density at radius 3 is 2.73 bits per heavy atom. The summed E-state index contributed by atoms with van der Waals surface area (Å²) in [6, 6.07) is 1.77. The molecule has 2 fully saturated rings. The second-order valence-corrected chi connectivity index (χ2v) is 6.09. The number of halogens is 1.